The molecule has 1 saturated heterocycles. The van der Waals surface area contributed by atoms with Crippen molar-refractivity contribution in [2.45, 2.75) is 58.0 Å². The van der Waals surface area contributed by atoms with E-state index in [0.29, 0.717) is 25.9 Å². The zero-order valence-electron chi connectivity index (χ0n) is 15.6. The van der Waals surface area contributed by atoms with Gasteiger partial charge in [0.15, 0.2) is 5.78 Å². The van der Waals surface area contributed by atoms with Crippen molar-refractivity contribution < 1.29 is 22.8 Å². The van der Waals surface area contributed by atoms with Crippen molar-refractivity contribution in [1.82, 2.24) is 4.90 Å². The van der Waals surface area contributed by atoms with E-state index in [1.807, 2.05) is 6.92 Å². The van der Waals surface area contributed by atoms with Crippen LogP contribution in [0, 0.1) is 11.3 Å². The van der Waals surface area contributed by atoms with Crippen molar-refractivity contribution in [2.75, 3.05) is 13.1 Å². The van der Waals surface area contributed by atoms with E-state index in [4.69, 9.17) is 0 Å². The van der Waals surface area contributed by atoms with Gasteiger partial charge in [0, 0.05) is 30.0 Å². The fraction of sp³-hybridized carbons (Fsp3) is 0.619. The third-order valence-electron chi connectivity index (χ3n) is 6.03. The summed E-state index contributed by atoms with van der Waals surface area (Å²) in [7, 11) is 0. The van der Waals surface area contributed by atoms with E-state index in [9.17, 15) is 22.8 Å². The van der Waals surface area contributed by atoms with Crippen LogP contribution in [0.3, 0.4) is 0 Å². The Kier molecular flexibility index (Phi) is 5.63. The second-order valence-electron chi connectivity index (χ2n) is 8.15. The highest BCUT2D eigenvalue weighted by Crippen LogP contribution is 2.38. The molecule has 148 valence electrons. The molecule has 0 bridgehead atoms. The summed E-state index contributed by atoms with van der Waals surface area (Å²) in [6.07, 6.45) is 1.82. The van der Waals surface area contributed by atoms with E-state index in [1.165, 1.54) is 12.1 Å². The molecule has 27 heavy (non-hydrogen) atoms. The number of benzene rings is 1. The van der Waals surface area contributed by atoms with E-state index in [0.717, 1.165) is 44.2 Å². The van der Waals surface area contributed by atoms with Crippen LogP contribution in [0.5, 0.6) is 0 Å². The average Bonchev–Trinajstić information content (AvgIpc) is 2.67. The molecule has 1 saturated carbocycles. The molecule has 3 rings (SSSR count). The van der Waals surface area contributed by atoms with Crippen LogP contribution in [0.4, 0.5) is 13.2 Å². The third kappa shape index (κ3) is 4.36. The van der Waals surface area contributed by atoms with Gasteiger partial charge in [0.05, 0.1) is 5.56 Å². The van der Waals surface area contributed by atoms with Gasteiger partial charge in [-0.1, -0.05) is 38.3 Å². The number of Topliss-reactive ketones (excluding diaryl/α,β-unsaturated/α-hetero) is 1. The predicted octanol–water partition coefficient (Wildman–Crippen LogP) is 5.10. The molecule has 1 aliphatic heterocycles. The lowest BCUT2D eigenvalue weighted by atomic mass is 9.74. The molecule has 1 heterocycles. The first-order valence-electron chi connectivity index (χ1n) is 9.71. The number of likely N-dealkylation sites (tertiary alicyclic amines) is 1. The number of halogens is 3. The van der Waals surface area contributed by atoms with E-state index in [2.05, 4.69) is 0 Å². The Morgan fingerprint density at radius 2 is 1.81 bits per heavy atom. The molecule has 1 aliphatic carbocycles. The number of amides is 1. The molecule has 1 aromatic rings. The van der Waals surface area contributed by atoms with Gasteiger partial charge in [-0.15, -0.1) is 0 Å². The van der Waals surface area contributed by atoms with Crippen LogP contribution in [0.2, 0.25) is 0 Å². The normalized spacial score (nSPS) is 23.1. The highest BCUT2D eigenvalue weighted by molar-refractivity contribution is 5.98. The summed E-state index contributed by atoms with van der Waals surface area (Å²) >= 11 is 0. The molecule has 2 aliphatic rings. The van der Waals surface area contributed by atoms with Gasteiger partial charge in [-0.3, -0.25) is 9.59 Å². The molecular formula is C21H26F3NO2. The monoisotopic (exact) mass is 381 g/mol. The number of hydrogen-bond donors (Lipinski definition) is 0. The lowest BCUT2D eigenvalue weighted by molar-refractivity contribution is -0.144. The van der Waals surface area contributed by atoms with Gasteiger partial charge in [-0.05, 0) is 37.8 Å². The Bertz CT molecular complexity index is 708. The number of piperidine rings is 1. The summed E-state index contributed by atoms with van der Waals surface area (Å²) in [6.45, 7) is 2.94. The van der Waals surface area contributed by atoms with Crippen LogP contribution in [-0.4, -0.2) is 29.7 Å². The maximum atomic E-state index is 13.0. The number of hydrogen-bond acceptors (Lipinski definition) is 2. The van der Waals surface area contributed by atoms with Crippen molar-refractivity contribution >= 4 is 11.7 Å². The average molecular weight is 381 g/mol. The van der Waals surface area contributed by atoms with Crippen LogP contribution in [-0.2, 0) is 11.0 Å². The van der Waals surface area contributed by atoms with Gasteiger partial charge in [-0.2, -0.15) is 13.2 Å². The quantitative estimate of drug-likeness (QED) is 0.684. The van der Waals surface area contributed by atoms with E-state index < -0.39 is 17.7 Å². The summed E-state index contributed by atoms with van der Waals surface area (Å²) in [4.78, 5) is 27.6. The number of ketones is 1. The molecule has 2 fully saturated rings. The highest BCUT2D eigenvalue weighted by atomic mass is 19.4. The smallest absolute Gasteiger partial charge is 0.341 e. The summed E-state index contributed by atoms with van der Waals surface area (Å²) in [5.41, 5.74) is -1.10. The van der Waals surface area contributed by atoms with Gasteiger partial charge < -0.3 is 4.90 Å². The van der Waals surface area contributed by atoms with Crippen LogP contribution in [0.25, 0.3) is 0 Å². The zero-order chi connectivity index (χ0) is 19.7. The highest BCUT2D eigenvalue weighted by Gasteiger charge is 2.40. The third-order valence-corrected chi connectivity index (χ3v) is 6.03. The van der Waals surface area contributed by atoms with Crippen LogP contribution >= 0.6 is 0 Å². The van der Waals surface area contributed by atoms with Crippen molar-refractivity contribution in [2.24, 2.45) is 11.3 Å². The second-order valence-corrected chi connectivity index (χ2v) is 8.15. The summed E-state index contributed by atoms with van der Waals surface area (Å²) < 4.78 is 38.8. The van der Waals surface area contributed by atoms with Crippen LogP contribution in [0.1, 0.15) is 67.8 Å². The first-order chi connectivity index (χ1) is 12.7. The number of nitrogens with zero attached hydrogens (tertiary/aromatic N) is 1. The predicted molar refractivity (Wildman–Crippen MR) is 96.3 cm³/mol. The molecular weight excluding hydrogens is 355 g/mol. The first kappa shape index (κ1) is 19.9. The molecule has 1 amide bonds. The minimum Gasteiger partial charge on any atom is -0.341 e. The number of carbonyl (C=O) groups is 2. The number of alkyl halides is 3. The molecule has 0 unspecified atom stereocenters. The Morgan fingerprint density at radius 1 is 1.11 bits per heavy atom. The lowest BCUT2D eigenvalue weighted by Crippen LogP contribution is -2.49. The molecule has 0 aromatic heterocycles. The van der Waals surface area contributed by atoms with E-state index in [-0.39, 0.29) is 22.7 Å². The molecule has 1 atom stereocenters. The minimum absolute atomic E-state index is 0.0769. The second kappa shape index (κ2) is 7.64. The van der Waals surface area contributed by atoms with Gasteiger partial charge in [-0.25, -0.2) is 0 Å². The summed E-state index contributed by atoms with van der Waals surface area (Å²) in [5, 5.41) is 0. The van der Waals surface area contributed by atoms with Gasteiger partial charge in [0.25, 0.3) is 0 Å². The number of carbonyl (C=O) groups excluding carboxylic acids is 2. The maximum Gasteiger partial charge on any atom is 0.416 e. The van der Waals surface area contributed by atoms with Gasteiger partial charge >= 0.3 is 6.18 Å². The van der Waals surface area contributed by atoms with Gasteiger partial charge in [0.1, 0.15) is 0 Å². The summed E-state index contributed by atoms with van der Waals surface area (Å²) in [6, 6.07) is 4.59. The maximum absolute atomic E-state index is 13.0. The molecule has 1 aromatic carbocycles. The van der Waals surface area contributed by atoms with Crippen LogP contribution in [0.15, 0.2) is 24.3 Å². The molecule has 3 nitrogen and oxygen atoms in total. The summed E-state index contributed by atoms with van der Waals surface area (Å²) in [5.74, 6) is -0.630. The fourth-order valence-corrected chi connectivity index (χ4v) is 4.39. The van der Waals surface area contributed by atoms with Gasteiger partial charge in [0.2, 0.25) is 5.91 Å². The topological polar surface area (TPSA) is 37.4 Å². The Morgan fingerprint density at radius 3 is 2.48 bits per heavy atom. The minimum atomic E-state index is -4.47. The molecule has 0 N–H and O–H groups in total. The first-order valence-corrected chi connectivity index (χ1v) is 9.71. The Labute approximate surface area is 157 Å². The van der Waals surface area contributed by atoms with E-state index >= 15 is 0 Å². The largest absolute Gasteiger partial charge is 0.416 e. The van der Waals surface area contributed by atoms with Crippen molar-refractivity contribution in [3.8, 4) is 0 Å². The van der Waals surface area contributed by atoms with Crippen molar-refractivity contribution in [1.29, 1.82) is 0 Å². The fourth-order valence-electron chi connectivity index (χ4n) is 4.39. The number of rotatable bonds is 3. The Balaban J connectivity index is 1.72. The van der Waals surface area contributed by atoms with Crippen LogP contribution < -0.4 is 0 Å². The Hall–Kier alpha value is -1.85. The molecule has 6 heteroatoms. The molecule has 0 radical (unpaired) electrons. The molecule has 0 spiro atoms. The zero-order valence-corrected chi connectivity index (χ0v) is 15.6. The lowest BCUT2D eigenvalue weighted by Gasteiger charge is -2.40. The standard InChI is InChI=1S/C21H26F3NO2/c1-20(10-3-2-4-11-20)19(27)25-12-6-8-16(14-25)18(26)15-7-5-9-17(13-15)21(22,23)24/h5,7,9,13,16H,2-4,6,8,10-12,14H2,1H3/t16-/m0/s1. The van der Waals surface area contributed by atoms with E-state index in [1.54, 1.807) is 4.90 Å². The SMILES string of the molecule is CC1(C(=O)N2CCC[C@H](C(=O)c3cccc(C(F)(F)F)c3)C2)CCCCC1. The van der Waals surface area contributed by atoms with Crippen molar-refractivity contribution in [3.63, 3.8) is 0 Å². The van der Waals surface area contributed by atoms with Crippen molar-refractivity contribution in [3.05, 3.63) is 35.4 Å².